The van der Waals surface area contributed by atoms with Gasteiger partial charge in [-0.1, -0.05) is 39.2 Å². The third-order valence-corrected chi connectivity index (χ3v) is 4.75. The lowest BCUT2D eigenvalue weighted by Gasteiger charge is -2.24. The fourth-order valence-corrected chi connectivity index (χ4v) is 3.12. The van der Waals surface area contributed by atoms with Gasteiger partial charge in [-0.15, -0.1) is 0 Å². The van der Waals surface area contributed by atoms with E-state index in [2.05, 4.69) is 4.98 Å². The number of nitrogens with two attached hydrogens (primary N) is 1. The number of H-pyrrole nitrogens is 1. The normalized spacial score (nSPS) is 10.7. The van der Waals surface area contributed by atoms with Gasteiger partial charge in [-0.25, -0.2) is 4.79 Å². The first-order valence-corrected chi connectivity index (χ1v) is 10.0. The van der Waals surface area contributed by atoms with Gasteiger partial charge in [0.05, 0.1) is 4.92 Å². The molecule has 0 spiro atoms. The molecular weight excluding hydrogens is 390 g/mol. The number of rotatable bonds is 10. The van der Waals surface area contributed by atoms with Crippen molar-refractivity contribution in [3.05, 3.63) is 60.8 Å². The van der Waals surface area contributed by atoms with E-state index in [0.717, 1.165) is 25.3 Å². The SMILES string of the molecule is CCCCCN(C(=O)c1cccc([N+](=O)[O-])c1)c1c(N)n(CCCC)c(=O)[nH]c1=O. The molecule has 1 amide bonds. The number of nitro benzene ring substituents is 1. The maximum absolute atomic E-state index is 13.2. The Balaban J connectivity index is 2.58. The van der Waals surface area contributed by atoms with Crippen LogP contribution in [0.15, 0.2) is 33.9 Å². The van der Waals surface area contributed by atoms with E-state index in [-0.39, 0.29) is 29.3 Å². The Labute approximate surface area is 173 Å². The van der Waals surface area contributed by atoms with E-state index in [1.54, 1.807) is 0 Å². The molecule has 2 rings (SSSR count). The van der Waals surface area contributed by atoms with Crippen LogP contribution in [-0.4, -0.2) is 26.9 Å². The molecule has 162 valence electrons. The summed E-state index contributed by atoms with van der Waals surface area (Å²) in [5.74, 6) is -0.680. The average Bonchev–Trinajstić information content (AvgIpc) is 2.72. The number of nitrogens with one attached hydrogen (secondary N) is 1. The Hall–Kier alpha value is -3.43. The lowest BCUT2D eigenvalue weighted by Crippen LogP contribution is -2.41. The third-order valence-electron chi connectivity index (χ3n) is 4.75. The fraction of sp³-hybridized carbons (Fsp3) is 0.450. The van der Waals surface area contributed by atoms with E-state index in [1.165, 1.54) is 27.7 Å². The van der Waals surface area contributed by atoms with E-state index in [9.17, 15) is 24.5 Å². The number of amides is 1. The van der Waals surface area contributed by atoms with Crippen LogP contribution in [0.3, 0.4) is 0 Å². The summed E-state index contributed by atoms with van der Waals surface area (Å²) in [6.45, 7) is 4.45. The minimum Gasteiger partial charge on any atom is -0.383 e. The standard InChI is InChI=1S/C20H27N5O5/c1-3-5-7-12-23(19(27)14-9-8-10-15(13-14)25(29)30)16-17(21)24(11-6-4-2)20(28)22-18(16)26/h8-10,13H,3-7,11-12,21H2,1-2H3,(H,22,26,28). The van der Waals surface area contributed by atoms with Gasteiger partial charge in [0.1, 0.15) is 5.82 Å². The van der Waals surface area contributed by atoms with Gasteiger partial charge in [-0.2, -0.15) is 0 Å². The summed E-state index contributed by atoms with van der Waals surface area (Å²) < 4.78 is 1.24. The summed E-state index contributed by atoms with van der Waals surface area (Å²) in [6.07, 6.45) is 3.79. The van der Waals surface area contributed by atoms with Crippen molar-refractivity contribution in [2.45, 2.75) is 52.5 Å². The van der Waals surface area contributed by atoms with Gasteiger partial charge >= 0.3 is 5.69 Å². The van der Waals surface area contributed by atoms with Crippen molar-refractivity contribution < 1.29 is 9.72 Å². The highest BCUT2D eigenvalue weighted by Gasteiger charge is 2.26. The van der Waals surface area contributed by atoms with Gasteiger partial charge < -0.3 is 10.6 Å². The number of hydrogen-bond acceptors (Lipinski definition) is 6. The van der Waals surface area contributed by atoms with Gasteiger partial charge in [-0.05, 0) is 18.9 Å². The van der Waals surface area contributed by atoms with Gasteiger partial charge in [0, 0.05) is 30.8 Å². The molecule has 1 aromatic carbocycles. The number of nitrogens with zero attached hydrogens (tertiary/aromatic N) is 3. The van der Waals surface area contributed by atoms with E-state index >= 15 is 0 Å². The molecule has 30 heavy (non-hydrogen) atoms. The van der Waals surface area contributed by atoms with Gasteiger partial charge in [0.2, 0.25) is 0 Å². The molecule has 2 aromatic rings. The molecule has 1 heterocycles. The van der Waals surface area contributed by atoms with E-state index in [0.29, 0.717) is 19.4 Å². The molecule has 0 fully saturated rings. The molecule has 0 aliphatic carbocycles. The van der Waals surface area contributed by atoms with E-state index in [1.807, 2.05) is 13.8 Å². The number of hydrogen-bond donors (Lipinski definition) is 2. The molecule has 0 saturated heterocycles. The largest absolute Gasteiger partial charge is 0.383 e. The number of non-ortho nitro benzene ring substituents is 1. The molecule has 0 unspecified atom stereocenters. The second-order valence-electron chi connectivity index (χ2n) is 6.97. The third kappa shape index (κ3) is 5.13. The second kappa shape index (κ2) is 10.4. The zero-order chi connectivity index (χ0) is 22.3. The van der Waals surface area contributed by atoms with Crippen molar-refractivity contribution in [2.24, 2.45) is 0 Å². The highest BCUT2D eigenvalue weighted by molar-refractivity contribution is 6.07. The molecule has 0 radical (unpaired) electrons. The molecule has 0 aliphatic heterocycles. The minimum atomic E-state index is -0.763. The molecule has 10 nitrogen and oxygen atoms in total. The maximum atomic E-state index is 13.2. The summed E-state index contributed by atoms with van der Waals surface area (Å²) in [5.41, 5.74) is 4.49. The lowest BCUT2D eigenvalue weighted by atomic mass is 10.1. The Morgan fingerprint density at radius 2 is 1.90 bits per heavy atom. The molecule has 0 bridgehead atoms. The first-order valence-electron chi connectivity index (χ1n) is 10.0. The van der Waals surface area contributed by atoms with Gasteiger partial charge in [0.15, 0.2) is 5.69 Å². The fourth-order valence-electron chi connectivity index (χ4n) is 3.12. The number of aromatic amines is 1. The van der Waals surface area contributed by atoms with Gasteiger partial charge in [-0.3, -0.25) is 29.3 Å². The summed E-state index contributed by atoms with van der Waals surface area (Å²) >= 11 is 0. The number of unbranched alkanes of at least 4 members (excludes halogenated alkanes) is 3. The van der Waals surface area contributed by atoms with E-state index in [4.69, 9.17) is 5.73 Å². The number of carbonyl (C=O) groups is 1. The highest BCUT2D eigenvalue weighted by atomic mass is 16.6. The Morgan fingerprint density at radius 1 is 1.20 bits per heavy atom. The highest BCUT2D eigenvalue weighted by Crippen LogP contribution is 2.22. The van der Waals surface area contributed by atoms with Crippen LogP contribution >= 0.6 is 0 Å². The van der Waals surface area contributed by atoms with Crippen LogP contribution in [0.5, 0.6) is 0 Å². The van der Waals surface area contributed by atoms with Crippen molar-refractivity contribution in [1.29, 1.82) is 0 Å². The van der Waals surface area contributed by atoms with E-state index < -0.39 is 22.1 Å². The van der Waals surface area contributed by atoms with Gasteiger partial charge in [0.25, 0.3) is 17.2 Å². The van der Waals surface area contributed by atoms with Crippen LogP contribution in [0.25, 0.3) is 0 Å². The molecule has 0 aliphatic rings. The summed E-state index contributed by atoms with van der Waals surface area (Å²) in [7, 11) is 0. The monoisotopic (exact) mass is 417 g/mol. The van der Waals surface area contributed by atoms with Crippen LogP contribution in [0.4, 0.5) is 17.2 Å². The lowest BCUT2D eigenvalue weighted by molar-refractivity contribution is -0.384. The van der Waals surface area contributed by atoms with Crippen LogP contribution < -0.4 is 21.9 Å². The van der Waals surface area contributed by atoms with Crippen molar-refractivity contribution in [1.82, 2.24) is 9.55 Å². The number of carbonyl (C=O) groups excluding carboxylic acids is 1. The first kappa shape index (κ1) is 22.9. The van der Waals surface area contributed by atoms with Crippen LogP contribution in [0.2, 0.25) is 0 Å². The minimum absolute atomic E-state index is 0.0609. The Kier molecular flexibility index (Phi) is 7.90. The second-order valence-corrected chi connectivity index (χ2v) is 6.97. The van der Waals surface area contributed by atoms with Crippen LogP contribution in [0, 0.1) is 10.1 Å². The molecular formula is C20H27N5O5. The molecule has 1 aromatic heterocycles. The van der Waals surface area contributed by atoms with Crippen LogP contribution in [0.1, 0.15) is 56.3 Å². The molecule has 10 heteroatoms. The predicted molar refractivity (Wildman–Crippen MR) is 115 cm³/mol. The Bertz CT molecular complexity index is 1030. The smallest absolute Gasteiger partial charge is 0.330 e. The summed E-state index contributed by atoms with van der Waals surface area (Å²) in [4.78, 5) is 52.0. The number of nitrogen functional groups attached to an aromatic ring is 1. The quantitative estimate of drug-likeness (QED) is 0.345. The average molecular weight is 417 g/mol. The zero-order valence-corrected chi connectivity index (χ0v) is 17.2. The topological polar surface area (TPSA) is 144 Å². The molecule has 0 atom stereocenters. The number of aromatic nitrogens is 2. The number of nitro groups is 1. The number of anilines is 2. The predicted octanol–water partition coefficient (Wildman–Crippen LogP) is 2.66. The zero-order valence-electron chi connectivity index (χ0n) is 17.2. The Morgan fingerprint density at radius 3 is 2.53 bits per heavy atom. The van der Waals surface area contributed by atoms with Crippen molar-refractivity contribution in [2.75, 3.05) is 17.2 Å². The van der Waals surface area contributed by atoms with Crippen LogP contribution in [-0.2, 0) is 6.54 Å². The maximum Gasteiger partial charge on any atom is 0.330 e. The summed E-state index contributed by atoms with van der Waals surface area (Å²) in [5, 5.41) is 11.1. The van der Waals surface area contributed by atoms with Crippen molar-refractivity contribution in [3.8, 4) is 0 Å². The van der Waals surface area contributed by atoms with Crippen molar-refractivity contribution >= 4 is 23.1 Å². The molecule has 0 saturated carbocycles. The first-order chi connectivity index (χ1) is 14.3. The number of benzene rings is 1. The van der Waals surface area contributed by atoms with Crippen molar-refractivity contribution in [3.63, 3.8) is 0 Å². The summed E-state index contributed by atoms with van der Waals surface area (Å²) in [6, 6.07) is 5.29. The molecule has 3 N–H and O–H groups in total.